The molecule has 0 aliphatic rings. The van der Waals surface area contributed by atoms with Crippen molar-refractivity contribution in [2.24, 2.45) is 5.92 Å². The van der Waals surface area contributed by atoms with Crippen LogP contribution >= 0.6 is 0 Å². The van der Waals surface area contributed by atoms with Crippen LogP contribution in [0.2, 0.25) is 0 Å². The van der Waals surface area contributed by atoms with E-state index in [1.807, 2.05) is 74.5 Å². The van der Waals surface area contributed by atoms with E-state index in [2.05, 4.69) is 11.4 Å². The molecule has 0 aliphatic carbocycles. The molecular weight excluding hydrogens is 352 g/mol. The van der Waals surface area contributed by atoms with Crippen molar-refractivity contribution in [2.75, 3.05) is 0 Å². The maximum Gasteiger partial charge on any atom is 0.318 e. The van der Waals surface area contributed by atoms with Crippen molar-refractivity contribution < 1.29 is 14.3 Å². The quantitative estimate of drug-likeness (QED) is 0.743. The molecule has 2 aromatic rings. The van der Waals surface area contributed by atoms with Crippen LogP contribution in [0.25, 0.3) is 0 Å². The van der Waals surface area contributed by atoms with Crippen molar-refractivity contribution in [1.29, 1.82) is 5.26 Å². The summed E-state index contributed by atoms with van der Waals surface area (Å²) in [4.78, 5) is 25.5. The number of nitriles is 1. The number of rotatable bonds is 7. The van der Waals surface area contributed by atoms with Crippen molar-refractivity contribution in [3.05, 3.63) is 71.8 Å². The van der Waals surface area contributed by atoms with Gasteiger partial charge < -0.3 is 10.1 Å². The topological polar surface area (TPSA) is 79.2 Å². The molecule has 0 bridgehead atoms. The minimum atomic E-state index is -1.03. The molecule has 0 spiro atoms. The Morgan fingerprint density at radius 1 is 0.964 bits per heavy atom. The van der Waals surface area contributed by atoms with Crippen LogP contribution in [0.5, 0.6) is 0 Å². The van der Waals surface area contributed by atoms with Crippen LogP contribution in [0.4, 0.5) is 0 Å². The van der Waals surface area contributed by atoms with Gasteiger partial charge in [-0.3, -0.25) is 9.59 Å². The van der Waals surface area contributed by atoms with E-state index in [1.54, 1.807) is 6.92 Å². The van der Waals surface area contributed by atoms with Gasteiger partial charge in [-0.05, 0) is 30.9 Å². The fraction of sp³-hybridized carbons (Fsp3) is 0.348. The molecule has 5 heteroatoms. The van der Waals surface area contributed by atoms with E-state index in [9.17, 15) is 14.9 Å². The number of carbonyl (C=O) groups excluding carboxylic acids is 2. The lowest BCUT2D eigenvalue weighted by molar-refractivity contribution is -0.156. The largest absolute Gasteiger partial charge is 0.452 e. The van der Waals surface area contributed by atoms with Crippen LogP contribution in [0.1, 0.15) is 44.7 Å². The molecule has 0 aromatic heterocycles. The second kappa shape index (κ2) is 9.18. The molecule has 2 unspecified atom stereocenters. The van der Waals surface area contributed by atoms with E-state index >= 15 is 0 Å². The number of hydrogen-bond donors (Lipinski definition) is 1. The molecular formula is C23H26N2O3. The smallest absolute Gasteiger partial charge is 0.318 e. The second-order valence-corrected chi connectivity index (χ2v) is 7.29. The molecule has 0 saturated heterocycles. The molecule has 0 heterocycles. The molecule has 1 amide bonds. The van der Waals surface area contributed by atoms with Crippen LogP contribution < -0.4 is 5.32 Å². The van der Waals surface area contributed by atoms with Crippen molar-refractivity contribution in [1.82, 2.24) is 5.32 Å². The third-order valence-electron chi connectivity index (χ3n) is 4.93. The van der Waals surface area contributed by atoms with Gasteiger partial charge in [0.05, 0.1) is 6.07 Å². The number of hydrogen-bond acceptors (Lipinski definition) is 4. The van der Waals surface area contributed by atoms with Crippen LogP contribution in [-0.4, -0.2) is 23.5 Å². The molecule has 0 saturated carbocycles. The average Bonchev–Trinajstić information content (AvgIpc) is 2.69. The Morgan fingerprint density at radius 3 is 1.82 bits per heavy atom. The number of benzene rings is 2. The molecule has 0 fully saturated rings. The van der Waals surface area contributed by atoms with E-state index in [0.717, 1.165) is 11.1 Å². The zero-order valence-electron chi connectivity index (χ0n) is 16.7. The SMILES string of the molecule is CC(OC(=O)C(c1ccccc1)c1ccccc1)C(=O)NC(C)(C#N)C(C)C. The van der Waals surface area contributed by atoms with Gasteiger partial charge in [-0.2, -0.15) is 5.26 Å². The van der Waals surface area contributed by atoms with Gasteiger partial charge >= 0.3 is 5.97 Å². The van der Waals surface area contributed by atoms with Crippen LogP contribution in [0.3, 0.4) is 0 Å². The van der Waals surface area contributed by atoms with Crippen molar-refractivity contribution >= 4 is 11.9 Å². The van der Waals surface area contributed by atoms with Crippen LogP contribution in [-0.2, 0) is 14.3 Å². The van der Waals surface area contributed by atoms with Gasteiger partial charge in [-0.25, -0.2) is 0 Å². The summed E-state index contributed by atoms with van der Waals surface area (Å²) in [7, 11) is 0. The summed E-state index contributed by atoms with van der Waals surface area (Å²) in [5, 5.41) is 12.1. The monoisotopic (exact) mass is 378 g/mol. The molecule has 2 atom stereocenters. The van der Waals surface area contributed by atoms with Crippen LogP contribution in [0, 0.1) is 17.2 Å². The number of esters is 1. The molecule has 5 nitrogen and oxygen atoms in total. The van der Waals surface area contributed by atoms with Gasteiger partial charge in [-0.1, -0.05) is 74.5 Å². The van der Waals surface area contributed by atoms with Crippen molar-refractivity contribution in [3.8, 4) is 6.07 Å². The molecule has 0 aliphatic heterocycles. The molecule has 1 N–H and O–H groups in total. The highest BCUT2D eigenvalue weighted by Gasteiger charge is 2.34. The zero-order valence-corrected chi connectivity index (χ0v) is 16.7. The third-order valence-corrected chi connectivity index (χ3v) is 4.93. The van der Waals surface area contributed by atoms with Gasteiger partial charge in [0, 0.05) is 0 Å². The molecule has 0 radical (unpaired) electrons. The molecule has 2 rings (SSSR count). The lowest BCUT2D eigenvalue weighted by Gasteiger charge is -2.29. The summed E-state index contributed by atoms with van der Waals surface area (Å²) in [5.41, 5.74) is 0.543. The normalized spacial score (nSPS) is 14.0. The standard InChI is InChI=1S/C23H26N2O3/c1-16(2)23(4,15-24)25-21(26)17(3)28-22(27)20(18-11-7-5-8-12-18)19-13-9-6-10-14-19/h5-14,16-17,20H,1-4H3,(H,25,26). The molecule has 2 aromatic carbocycles. The Labute approximate surface area is 166 Å². The summed E-state index contributed by atoms with van der Waals surface area (Å²) in [6, 6.07) is 20.7. The van der Waals surface area contributed by atoms with E-state index in [0.29, 0.717) is 0 Å². The fourth-order valence-electron chi connectivity index (χ4n) is 2.71. The predicted octanol–water partition coefficient (Wildman–Crippen LogP) is 3.80. The van der Waals surface area contributed by atoms with Gasteiger partial charge in [-0.15, -0.1) is 0 Å². The van der Waals surface area contributed by atoms with Gasteiger partial charge in [0.25, 0.3) is 5.91 Å². The third kappa shape index (κ3) is 4.98. The summed E-state index contributed by atoms with van der Waals surface area (Å²) >= 11 is 0. The Hall–Kier alpha value is -3.13. The van der Waals surface area contributed by atoms with Crippen molar-refractivity contribution in [2.45, 2.75) is 45.3 Å². The highest BCUT2D eigenvalue weighted by atomic mass is 16.5. The number of nitrogens with one attached hydrogen (secondary N) is 1. The lowest BCUT2D eigenvalue weighted by Crippen LogP contribution is -2.52. The summed E-state index contributed by atoms with van der Waals surface area (Å²) in [5.74, 6) is -1.73. The molecule has 28 heavy (non-hydrogen) atoms. The van der Waals surface area contributed by atoms with Crippen molar-refractivity contribution in [3.63, 3.8) is 0 Å². The maximum atomic E-state index is 13.0. The summed E-state index contributed by atoms with van der Waals surface area (Å²) in [6.07, 6.45) is -1.02. The summed E-state index contributed by atoms with van der Waals surface area (Å²) in [6.45, 7) is 6.86. The first-order valence-corrected chi connectivity index (χ1v) is 9.32. The van der Waals surface area contributed by atoms with Gasteiger partial charge in [0.15, 0.2) is 6.10 Å². The number of nitrogens with zero attached hydrogens (tertiary/aromatic N) is 1. The minimum absolute atomic E-state index is 0.0919. The zero-order chi connectivity index (χ0) is 20.7. The Morgan fingerprint density at radius 2 is 1.43 bits per heavy atom. The first-order valence-electron chi connectivity index (χ1n) is 9.32. The van der Waals surface area contributed by atoms with E-state index < -0.39 is 29.4 Å². The van der Waals surface area contributed by atoms with Gasteiger partial charge in [0.2, 0.25) is 0 Å². The minimum Gasteiger partial charge on any atom is -0.452 e. The highest BCUT2D eigenvalue weighted by Crippen LogP contribution is 2.26. The first kappa shape index (κ1) is 21.2. The lowest BCUT2D eigenvalue weighted by atomic mass is 9.90. The van der Waals surface area contributed by atoms with E-state index in [4.69, 9.17) is 4.74 Å². The fourth-order valence-corrected chi connectivity index (χ4v) is 2.71. The average molecular weight is 378 g/mol. The molecule has 146 valence electrons. The second-order valence-electron chi connectivity index (χ2n) is 7.29. The predicted molar refractivity (Wildman–Crippen MR) is 107 cm³/mol. The maximum absolute atomic E-state index is 13.0. The van der Waals surface area contributed by atoms with E-state index in [1.165, 1.54) is 6.92 Å². The highest BCUT2D eigenvalue weighted by molar-refractivity contribution is 5.87. The number of carbonyl (C=O) groups is 2. The number of amides is 1. The Kier molecular flexibility index (Phi) is 6.94. The Balaban J connectivity index is 2.20. The Bertz CT molecular complexity index is 804. The van der Waals surface area contributed by atoms with Gasteiger partial charge in [0.1, 0.15) is 11.5 Å². The van der Waals surface area contributed by atoms with E-state index in [-0.39, 0.29) is 5.92 Å². The first-order chi connectivity index (χ1) is 13.3. The number of ether oxygens (including phenoxy) is 1. The van der Waals surface area contributed by atoms with Crippen LogP contribution in [0.15, 0.2) is 60.7 Å². The summed E-state index contributed by atoms with van der Waals surface area (Å²) < 4.78 is 5.49.